The van der Waals surface area contributed by atoms with Gasteiger partial charge in [0, 0.05) is 12.4 Å². The highest BCUT2D eigenvalue weighted by molar-refractivity contribution is 5.76. The molecule has 0 aliphatic rings. The second kappa shape index (κ2) is 6.00. The summed E-state index contributed by atoms with van der Waals surface area (Å²) in [4.78, 5) is 15.2. The molecule has 0 aliphatic heterocycles. The number of rotatable bonds is 5. The summed E-state index contributed by atoms with van der Waals surface area (Å²) in [6.07, 6.45) is 3.16. The van der Waals surface area contributed by atoms with E-state index < -0.39 is 11.9 Å². The Labute approximate surface area is 111 Å². The van der Waals surface area contributed by atoms with Crippen molar-refractivity contribution < 1.29 is 14.6 Å². The largest absolute Gasteiger partial charge is 0.492 e. The first-order valence-electron chi connectivity index (χ1n) is 5.99. The minimum Gasteiger partial charge on any atom is -0.492 e. The van der Waals surface area contributed by atoms with E-state index in [1.807, 2.05) is 31.2 Å². The van der Waals surface area contributed by atoms with Crippen molar-refractivity contribution in [1.29, 1.82) is 0 Å². The fourth-order valence-corrected chi connectivity index (χ4v) is 1.79. The van der Waals surface area contributed by atoms with Gasteiger partial charge < -0.3 is 9.84 Å². The van der Waals surface area contributed by atoms with E-state index >= 15 is 0 Å². The number of aliphatic carboxylic acids is 1. The Kier molecular flexibility index (Phi) is 4.13. The van der Waals surface area contributed by atoms with Gasteiger partial charge in [0.2, 0.25) is 0 Å². The van der Waals surface area contributed by atoms with Gasteiger partial charge >= 0.3 is 5.97 Å². The fourth-order valence-electron chi connectivity index (χ4n) is 1.79. The number of pyridine rings is 1. The third-order valence-electron chi connectivity index (χ3n) is 2.81. The number of hydrogen-bond acceptors (Lipinski definition) is 3. The van der Waals surface area contributed by atoms with Gasteiger partial charge in [-0.1, -0.05) is 12.1 Å². The van der Waals surface area contributed by atoms with Crippen LogP contribution in [0.5, 0.6) is 5.75 Å². The summed E-state index contributed by atoms with van der Waals surface area (Å²) in [5.74, 6) is -0.914. The van der Waals surface area contributed by atoms with E-state index in [-0.39, 0.29) is 6.61 Å². The molecule has 0 radical (unpaired) electrons. The van der Waals surface area contributed by atoms with E-state index in [0.717, 1.165) is 5.56 Å². The van der Waals surface area contributed by atoms with Crippen LogP contribution in [0.25, 0.3) is 0 Å². The Hall–Kier alpha value is -2.36. The molecule has 1 heterocycles. The molecule has 4 nitrogen and oxygen atoms in total. The van der Waals surface area contributed by atoms with Crippen molar-refractivity contribution in [3.05, 3.63) is 59.9 Å². The number of carbonyl (C=O) groups is 1. The van der Waals surface area contributed by atoms with E-state index in [4.69, 9.17) is 4.74 Å². The van der Waals surface area contributed by atoms with Gasteiger partial charge in [-0.25, -0.2) is 0 Å². The number of benzene rings is 1. The van der Waals surface area contributed by atoms with Crippen molar-refractivity contribution in [2.45, 2.75) is 12.8 Å². The molecule has 98 valence electrons. The highest BCUT2D eigenvalue weighted by atomic mass is 16.5. The second-order valence-corrected chi connectivity index (χ2v) is 4.30. The summed E-state index contributed by atoms with van der Waals surface area (Å²) in [5, 5.41) is 9.26. The lowest BCUT2D eigenvalue weighted by Gasteiger charge is -2.14. The molecule has 1 atom stereocenters. The molecule has 0 aliphatic carbocycles. The second-order valence-electron chi connectivity index (χ2n) is 4.30. The lowest BCUT2D eigenvalue weighted by molar-refractivity contribution is -0.139. The average molecular weight is 257 g/mol. The number of nitrogens with zero attached hydrogens (tertiary/aromatic N) is 1. The molecular weight excluding hydrogens is 242 g/mol. The summed E-state index contributed by atoms with van der Waals surface area (Å²) in [7, 11) is 0. The van der Waals surface area contributed by atoms with Gasteiger partial charge in [-0.2, -0.15) is 0 Å². The molecule has 0 saturated heterocycles. The molecule has 1 unspecified atom stereocenters. The molecule has 4 heteroatoms. The summed E-state index contributed by atoms with van der Waals surface area (Å²) >= 11 is 0. The van der Waals surface area contributed by atoms with Gasteiger partial charge in [0.05, 0.1) is 0 Å². The Morgan fingerprint density at radius 3 is 2.68 bits per heavy atom. The molecule has 1 aromatic carbocycles. The van der Waals surface area contributed by atoms with Crippen molar-refractivity contribution in [3.63, 3.8) is 0 Å². The number of aryl methyl sites for hydroxylation is 1. The van der Waals surface area contributed by atoms with E-state index in [0.29, 0.717) is 11.3 Å². The minimum atomic E-state index is -0.904. The van der Waals surface area contributed by atoms with Crippen LogP contribution in [-0.2, 0) is 4.79 Å². The van der Waals surface area contributed by atoms with Gasteiger partial charge in [0.15, 0.2) is 0 Å². The third-order valence-corrected chi connectivity index (χ3v) is 2.81. The van der Waals surface area contributed by atoms with Crippen molar-refractivity contribution in [2.75, 3.05) is 6.61 Å². The third kappa shape index (κ3) is 3.55. The van der Waals surface area contributed by atoms with Crippen LogP contribution < -0.4 is 4.74 Å². The fraction of sp³-hybridized carbons (Fsp3) is 0.200. The molecule has 0 spiro atoms. The number of aromatic nitrogens is 1. The molecule has 0 fully saturated rings. The first-order valence-corrected chi connectivity index (χ1v) is 5.99. The predicted molar refractivity (Wildman–Crippen MR) is 71.3 cm³/mol. The van der Waals surface area contributed by atoms with Gasteiger partial charge in [-0.05, 0) is 42.3 Å². The predicted octanol–water partition coefficient (Wildman–Crippen LogP) is 2.64. The maximum atomic E-state index is 11.3. The van der Waals surface area contributed by atoms with Gasteiger partial charge in [0.25, 0.3) is 0 Å². The summed E-state index contributed by atoms with van der Waals surface area (Å²) in [6, 6.07) is 10.9. The summed E-state index contributed by atoms with van der Waals surface area (Å²) in [6.45, 7) is 2.06. The highest BCUT2D eigenvalue weighted by Crippen LogP contribution is 2.19. The molecule has 2 rings (SSSR count). The highest BCUT2D eigenvalue weighted by Gasteiger charge is 2.20. The Bertz CT molecular complexity index is 554. The molecule has 1 N–H and O–H groups in total. The molecule has 0 saturated carbocycles. The molecule has 1 aromatic heterocycles. The van der Waals surface area contributed by atoms with Crippen LogP contribution in [0, 0.1) is 6.92 Å². The summed E-state index contributed by atoms with van der Waals surface area (Å²) in [5.41, 5.74) is 1.77. The number of ether oxygens (including phenoxy) is 1. The Morgan fingerprint density at radius 2 is 2.05 bits per heavy atom. The number of carboxylic acid groups (broad SMARTS) is 1. The van der Waals surface area contributed by atoms with E-state index in [9.17, 15) is 9.90 Å². The molecule has 0 bridgehead atoms. The van der Waals surface area contributed by atoms with Crippen molar-refractivity contribution in [1.82, 2.24) is 4.98 Å². The van der Waals surface area contributed by atoms with Crippen LogP contribution >= 0.6 is 0 Å². The quantitative estimate of drug-likeness (QED) is 0.894. The van der Waals surface area contributed by atoms with Crippen LogP contribution in [0.1, 0.15) is 17.0 Å². The van der Waals surface area contributed by atoms with Crippen LogP contribution in [0.4, 0.5) is 0 Å². The van der Waals surface area contributed by atoms with Gasteiger partial charge in [0.1, 0.15) is 18.3 Å². The van der Waals surface area contributed by atoms with Crippen molar-refractivity contribution in [3.8, 4) is 5.75 Å². The smallest absolute Gasteiger partial charge is 0.314 e. The van der Waals surface area contributed by atoms with Crippen LogP contribution in [0.15, 0.2) is 48.8 Å². The van der Waals surface area contributed by atoms with E-state index in [2.05, 4.69) is 4.98 Å². The first kappa shape index (κ1) is 13.1. The van der Waals surface area contributed by atoms with Gasteiger partial charge in [-0.15, -0.1) is 0 Å². The van der Waals surface area contributed by atoms with E-state index in [1.54, 1.807) is 24.5 Å². The summed E-state index contributed by atoms with van der Waals surface area (Å²) < 4.78 is 5.56. The standard InChI is InChI=1S/C15H15NO3/c1-11-3-2-4-13(9-11)19-10-14(15(17)18)12-5-7-16-8-6-12/h2-9,14H,10H2,1H3,(H,17,18). The monoisotopic (exact) mass is 257 g/mol. The lowest BCUT2D eigenvalue weighted by atomic mass is 10.0. The zero-order valence-electron chi connectivity index (χ0n) is 10.6. The van der Waals surface area contributed by atoms with Gasteiger partial charge in [-0.3, -0.25) is 9.78 Å². The van der Waals surface area contributed by atoms with Crippen LogP contribution in [-0.4, -0.2) is 22.7 Å². The zero-order chi connectivity index (χ0) is 13.7. The average Bonchev–Trinajstić information content (AvgIpc) is 2.40. The minimum absolute atomic E-state index is 0.1000. The molecular formula is C15H15NO3. The normalized spacial score (nSPS) is 11.8. The first-order chi connectivity index (χ1) is 9.16. The van der Waals surface area contributed by atoms with Crippen LogP contribution in [0.2, 0.25) is 0 Å². The van der Waals surface area contributed by atoms with E-state index in [1.165, 1.54) is 0 Å². The maximum absolute atomic E-state index is 11.3. The molecule has 19 heavy (non-hydrogen) atoms. The topological polar surface area (TPSA) is 59.4 Å². The Morgan fingerprint density at radius 1 is 1.32 bits per heavy atom. The zero-order valence-corrected chi connectivity index (χ0v) is 10.6. The maximum Gasteiger partial charge on any atom is 0.314 e. The molecule has 2 aromatic rings. The van der Waals surface area contributed by atoms with Crippen molar-refractivity contribution >= 4 is 5.97 Å². The Balaban J connectivity index is 2.08. The SMILES string of the molecule is Cc1cccc(OCC(C(=O)O)c2ccncc2)c1. The van der Waals surface area contributed by atoms with Crippen molar-refractivity contribution in [2.24, 2.45) is 0 Å². The molecule has 0 amide bonds. The van der Waals surface area contributed by atoms with Crippen LogP contribution in [0.3, 0.4) is 0 Å². The number of carboxylic acids is 1. The lowest BCUT2D eigenvalue weighted by Crippen LogP contribution is -2.19. The number of hydrogen-bond donors (Lipinski definition) is 1.